The predicted octanol–water partition coefficient (Wildman–Crippen LogP) is 3.25. The highest BCUT2D eigenvalue weighted by Gasteiger charge is 2.36. The van der Waals surface area contributed by atoms with Crippen LogP contribution in [0, 0.1) is 0 Å². The van der Waals surface area contributed by atoms with Crippen molar-refractivity contribution in [3.05, 3.63) is 80.9 Å². The molecule has 7 nitrogen and oxygen atoms in total. The Bertz CT molecular complexity index is 1400. The maximum Gasteiger partial charge on any atom is 0.416 e. The third kappa shape index (κ3) is 4.74. The van der Waals surface area contributed by atoms with Gasteiger partial charge in [0.2, 0.25) is 0 Å². The van der Waals surface area contributed by atoms with Gasteiger partial charge in [0.05, 0.1) is 10.4 Å². The second-order valence-corrected chi connectivity index (χ2v) is 9.40. The fraction of sp³-hybridized carbons (Fsp3) is 0.231. The molecule has 180 valence electrons. The minimum Gasteiger partial charge on any atom is -0.484 e. The molecular weight excluding hydrogens is 489 g/mol. The molecule has 3 aromatic rings. The maximum absolute atomic E-state index is 13.4. The Morgan fingerprint density at radius 2 is 1.91 bits per heavy atom. The summed E-state index contributed by atoms with van der Waals surface area (Å²) >= 11 is 12.6. The van der Waals surface area contributed by atoms with Crippen LogP contribution in [0.4, 0.5) is 4.79 Å². The van der Waals surface area contributed by atoms with Crippen molar-refractivity contribution in [3.63, 3.8) is 0 Å². The second-order valence-electron chi connectivity index (χ2n) is 8.44. The van der Waals surface area contributed by atoms with E-state index in [2.05, 4.69) is 17.1 Å². The highest BCUT2D eigenvalue weighted by Crippen LogP contribution is 2.35. The van der Waals surface area contributed by atoms with Gasteiger partial charge in [-0.2, -0.15) is 0 Å². The second kappa shape index (κ2) is 9.68. The summed E-state index contributed by atoms with van der Waals surface area (Å²) in [6.07, 6.45) is 5.06. The van der Waals surface area contributed by atoms with Crippen molar-refractivity contribution < 1.29 is 19.1 Å². The number of carbonyl (C=O) groups is 2. The van der Waals surface area contributed by atoms with Gasteiger partial charge in [0.15, 0.2) is 12.4 Å². The molecule has 0 bridgehead atoms. The van der Waals surface area contributed by atoms with E-state index in [0.29, 0.717) is 29.5 Å². The monoisotopic (exact) mass is 511 g/mol. The summed E-state index contributed by atoms with van der Waals surface area (Å²) in [5, 5.41) is 2.40. The third-order valence-electron chi connectivity index (χ3n) is 6.14. The maximum atomic E-state index is 13.4. The number of primary amides is 1. The average molecular weight is 512 g/mol. The Kier molecular flexibility index (Phi) is 6.45. The fourth-order valence-electron chi connectivity index (χ4n) is 4.57. The zero-order valence-electron chi connectivity index (χ0n) is 18.7. The smallest absolute Gasteiger partial charge is 0.416 e. The number of fused-ring (bicyclic) bond motifs is 3. The van der Waals surface area contributed by atoms with Crippen molar-refractivity contribution in [3.8, 4) is 11.5 Å². The molecule has 2 unspecified atom stereocenters. The number of aromatic nitrogens is 1. The molecule has 1 aliphatic heterocycles. The number of nitrogens with one attached hydrogen (secondary N) is 1. The Labute approximate surface area is 211 Å². The molecule has 2 aliphatic rings. The van der Waals surface area contributed by atoms with E-state index in [1.807, 2.05) is 12.1 Å². The number of rotatable bonds is 5. The van der Waals surface area contributed by atoms with E-state index in [4.69, 9.17) is 38.4 Å². The van der Waals surface area contributed by atoms with Gasteiger partial charge < -0.3 is 20.2 Å². The minimum absolute atomic E-state index is 0.0641. The molecule has 9 heteroatoms. The summed E-state index contributed by atoms with van der Waals surface area (Å²) in [5.41, 5.74) is 8.09. The first-order valence-corrected chi connectivity index (χ1v) is 12.0. The van der Waals surface area contributed by atoms with Crippen LogP contribution in [0.25, 0.3) is 12.2 Å². The lowest BCUT2D eigenvalue weighted by molar-refractivity contribution is -0.119. The molecule has 35 heavy (non-hydrogen) atoms. The largest absolute Gasteiger partial charge is 0.484 e. The summed E-state index contributed by atoms with van der Waals surface area (Å²) in [4.78, 5) is 29.6. The summed E-state index contributed by atoms with van der Waals surface area (Å²) in [5.74, 6) is 0.254. The summed E-state index contributed by atoms with van der Waals surface area (Å²) in [6.45, 7) is 0.240. The first-order valence-electron chi connectivity index (χ1n) is 11.2. The molecule has 2 heterocycles. The average Bonchev–Trinajstić information content (AvgIpc) is 3.21. The molecule has 2 amide bonds. The topological polar surface area (TPSA) is 97.7 Å². The molecule has 0 saturated heterocycles. The number of carbonyl (C=O) groups excluding carboxylic acids is 2. The molecule has 0 spiro atoms. The molecule has 0 saturated carbocycles. The Hall–Kier alpha value is -3.42. The van der Waals surface area contributed by atoms with Crippen LogP contribution in [0.15, 0.2) is 48.5 Å². The highest BCUT2D eigenvalue weighted by molar-refractivity contribution is 6.32. The molecule has 0 radical (unpaired) electrons. The minimum atomic E-state index is -0.554. The number of alkyl halides is 1. The SMILES string of the molecule is NC(=O)COc1ccc(C2c3[nH]c4c(c3CCN2C(=O)Oc2ccccc2Cl)=CC(Cl)CC=4)cc1. The molecular formula is C26H23Cl2N3O4. The number of hydrogen-bond acceptors (Lipinski definition) is 4. The van der Waals surface area contributed by atoms with E-state index in [1.54, 1.807) is 41.3 Å². The summed E-state index contributed by atoms with van der Waals surface area (Å²) in [7, 11) is 0. The first-order chi connectivity index (χ1) is 16.9. The van der Waals surface area contributed by atoms with Crippen LogP contribution in [-0.2, 0) is 11.2 Å². The van der Waals surface area contributed by atoms with Crippen molar-refractivity contribution in [2.45, 2.75) is 24.3 Å². The van der Waals surface area contributed by atoms with Crippen LogP contribution in [0.3, 0.4) is 0 Å². The van der Waals surface area contributed by atoms with Gasteiger partial charge in [-0.3, -0.25) is 9.69 Å². The van der Waals surface area contributed by atoms with Crippen molar-refractivity contribution >= 4 is 47.4 Å². The molecule has 3 N–H and O–H groups in total. The van der Waals surface area contributed by atoms with Gasteiger partial charge in [-0.1, -0.05) is 48.0 Å². The Morgan fingerprint density at radius 1 is 1.14 bits per heavy atom. The quantitative estimate of drug-likeness (QED) is 0.513. The zero-order valence-corrected chi connectivity index (χ0v) is 20.2. The number of aromatic amines is 1. The Balaban J connectivity index is 1.54. The van der Waals surface area contributed by atoms with Crippen LogP contribution in [-0.4, -0.2) is 40.4 Å². The van der Waals surface area contributed by atoms with Gasteiger partial charge in [-0.25, -0.2) is 4.79 Å². The first kappa shape index (κ1) is 23.3. The van der Waals surface area contributed by atoms with Crippen LogP contribution < -0.4 is 25.8 Å². The number of H-pyrrole nitrogens is 1. The van der Waals surface area contributed by atoms with Crippen molar-refractivity contribution in [2.75, 3.05) is 13.2 Å². The Morgan fingerprint density at radius 3 is 2.66 bits per heavy atom. The number of amides is 2. The lowest BCUT2D eigenvalue weighted by atomic mass is 9.92. The van der Waals surface area contributed by atoms with Crippen LogP contribution in [0.1, 0.15) is 29.3 Å². The van der Waals surface area contributed by atoms with E-state index in [9.17, 15) is 9.59 Å². The van der Waals surface area contributed by atoms with Gasteiger partial charge in [-0.05, 0) is 48.2 Å². The van der Waals surface area contributed by atoms with Crippen LogP contribution in [0.5, 0.6) is 11.5 Å². The van der Waals surface area contributed by atoms with Gasteiger partial charge >= 0.3 is 6.09 Å². The normalized spacial score (nSPS) is 18.5. The van der Waals surface area contributed by atoms with E-state index < -0.39 is 18.0 Å². The van der Waals surface area contributed by atoms with Crippen LogP contribution in [0.2, 0.25) is 5.02 Å². The van der Waals surface area contributed by atoms with Gasteiger partial charge in [0, 0.05) is 22.8 Å². The van der Waals surface area contributed by atoms with Crippen LogP contribution >= 0.6 is 23.2 Å². The number of para-hydroxylation sites is 1. The van der Waals surface area contributed by atoms with E-state index in [1.165, 1.54) is 0 Å². The van der Waals surface area contributed by atoms with Gasteiger partial charge in [0.1, 0.15) is 11.8 Å². The molecule has 1 aliphatic carbocycles. The van der Waals surface area contributed by atoms with Crippen molar-refractivity contribution in [1.29, 1.82) is 0 Å². The zero-order chi connectivity index (χ0) is 24.5. The molecule has 5 rings (SSSR count). The van der Waals surface area contributed by atoms with E-state index >= 15 is 0 Å². The molecule has 1 aromatic heterocycles. The van der Waals surface area contributed by atoms with E-state index in [0.717, 1.165) is 33.8 Å². The number of benzene rings is 2. The van der Waals surface area contributed by atoms with Gasteiger partial charge in [0.25, 0.3) is 5.91 Å². The molecule has 0 fully saturated rings. The third-order valence-corrected chi connectivity index (χ3v) is 6.75. The van der Waals surface area contributed by atoms with E-state index in [-0.39, 0.29) is 12.0 Å². The number of nitrogens with zero attached hydrogens (tertiary/aromatic N) is 1. The number of nitrogens with two attached hydrogens (primary N) is 1. The lowest BCUT2D eigenvalue weighted by Crippen LogP contribution is -2.43. The van der Waals surface area contributed by atoms with Crippen molar-refractivity contribution in [1.82, 2.24) is 9.88 Å². The highest BCUT2D eigenvalue weighted by atomic mass is 35.5. The number of hydrogen-bond donors (Lipinski definition) is 2. The summed E-state index contributed by atoms with van der Waals surface area (Å²) < 4.78 is 11.1. The summed E-state index contributed by atoms with van der Waals surface area (Å²) in [6, 6.07) is 13.7. The molecule has 2 atom stereocenters. The van der Waals surface area contributed by atoms with Gasteiger partial charge in [-0.15, -0.1) is 11.6 Å². The predicted molar refractivity (Wildman–Crippen MR) is 134 cm³/mol. The number of halogens is 2. The molecule has 2 aromatic carbocycles. The standard InChI is InChI=1S/C26H23Cl2N3O4/c27-16-7-10-21-19(13-16)18-11-12-31(26(33)35-22-4-2-1-3-20(22)28)25(24(18)30-21)15-5-8-17(9-6-15)34-14-23(29)32/h1-6,8-10,13,16,25,30H,7,11-12,14H2,(H2,29,32). The lowest BCUT2D eigenvalue weighted by Gasteiger charge is -2.35. The fourth-order valence-corrected chi connectivity index (χ4v) is 4.96. The van der Waals surface area contributed by atoms with Crippen molar-refractivity contribution in [2.24, 2.45) is 5.73 Å². The number of ether oxygens (including phenoxy) is 2.